The summed E-state index contributed by atoms with van der Waals surface area (Å²) in [6.45, 7) is 4.36. The van der Waals surface area contributed by atoms with Gasteiger partial charge in [0.25, 0.3) is 0 Å². The molecule has 0 bridgehead atoms. The van der Waals surface area contributed by atoms with E-state index >= 15 is 0 Å². The van der Waals surface area contributed by atoms with Gasteiger partial charge >= 0.3 is 0 Å². The highest BCUT2D eigenvalue weighted by Crippen LogP contribution is 2.20. The van der Waals surface area contributed by atoms with E-state index in [2.05, 4.69) is 34.5 Å². The number of halogens is 1. The van der Waals surface area contributed by atoms with Crippen molar-refractivity contribution in [2.24, 2.45) is 0 Å². The Morgan fingerprint density at radius 2 is 2.33 bits per heavy atom. The van der Waals surface area contributed by atoms with Crippen LogP contribution in [0.2, 0.25) is 0 Å². The molecule has 0 amide bonds. The van der Waals surface area contributed by atoms with Crippen LogP contribution in [0.3, 0.4) is 0 Å². The molecule has 0 spiro atoms. The highest BCUT2D eigenvalue weighted by atomic mass is 127. The van der Waals surface area contributed by atoms with E-state index in [1.165, 1.54) is 0 Å². The van der Waals surface area contributed by atoms with Crippen LogP contribution in [0.25, 0.3) is 0 Å². The summed E-state index contributed by atoms with van der Waals surface area (Å²) in [5.74, 6) is 0. The Kier molecular flexibility index (Phi) is 3.40. The van der Waals surface area contributed by atoms with Gasteiger partial charge in [-0.2, -0.15) is 0 Å². The number of nitrogens with two attached hydrogens (primary N) is 1. The summed E-state index contributed by atoms with van der Waals surface area (Å²) >= 11 is 2.23. The molecule has 0 aliphatic rings. The zero-order valence-corrected chi connectivity index (χ0v) is 8.84. The van der Waals surface area contributed by atoms with E-state index in [9.17, 15) is 0 Å². The second-order valence-corrected chi connectivity index (χ2v) is 3.65. The van der Waals surface area contributed by atoms with Crippen molar-refractivity contribution < 1.29 is 0 Å². The van der Waals surface area contributed by atoms with Gasteiger partial charge in [0, 0.05) is 10.1 Å². The molecular weight excluding hydrogens is 263 g/mol. The Bertz CT molecular complexity index is 284. The van der Waals surface area contributed by atoms with Crippen molar-refractivity contribution in [2.45, 2.75) is 0 Å². The lowest BCUT2D eigenvalue weighted by molar-refractivity contribution is 1.34. The molecule has 0 heterocycles. The first-order chi connectivity index (χ1) is 5.74. The Morgan fingerprint density at radius 3 is 2.92 bits per heavy atom. The molecule has 0 saturated carbocycles. The Balaban J connectivity index is 2.78. The average molecular weight is 274 g/mol. The van der Waals surface area contributed by atoms with Crippen molar-refractivity contribution in [1.29, 1.82) is 0 Å². The number of nitrogen functional groups attached to an aromatic ring is 1. The third-order valence-corrected chi connectivity index (χ3v) is 2.12. The SMILES string of the molecule is C=CCNc1ccc(I)cc1N. The van der Waals surface area contributed by atoms with Gasteiger partial charge in [-0.25, -0.2) is 0 Å². The van der Waals surface area contributed by atoms with Crippen molar-refractivity contribution >= 4 is 34.0 Å². The van der Waals surface area contributed by atoms with Crippen molar-refractivity contribution in [2.75, 3.05) is 17.6 Å². The van der Waals surface area contributed by atoms with Gasteiger partial charge in [-0.3, -0.25) is 0 Å². The first-order valence-electron chi connectivity index (χ1n) is 3.64. The Morgan fingerprint density at radius 1 is 1.58 bits per heavy atom. The van der Waals surface area contributed by atoms with Crippen LogP contribution < -0.4 is 11.1 Å². The summed E-state index contributed by atoms with van der Waals surface area (Å²) in [7, 11) is 0. The fraction of sp³-hybridized carbons (Fsp3) is 0.111. The molecule has 12 heavy (non-hydrogen) atoms. The maximum Gasteiger partial charge on any atom is 0.0577 e. The molecule has 0 atom stereocenters. The Hall–Kier alpha value is -0.710. The molecule has 0 aromatic heterocycles. The topological polar surface area (TPSA) is 38.0 Å². The molecule has 1 rings (SSSR count). The lowest BCUT2D eigenvalue weighted by Crippen LogP contribution is -2.01. The van der Waals surface area contributed by atoms with Gasteiger partial charge in [-0.05, 0) is 40.8 Å². The minimum Gasteiger partial charge on any atom is -0.397 e. The maximum absolute atomic E-state index is 5.76. The number of rotatable bonds is 3. The summed E-state index contributed by atoms with van der Waals surface area (Å²) in [5.41, 5.74) is 7.51. The summed E-state index contributed by atoms with van der Waals surface area (Å²) in [6, 6.07) is 5.93. The molecule has 1 aromatic rings. The second kappa shape index (κ2) is 4.35. The molecule has 64 valence electrons. The predicted octanol–water partition coefficient (Wildman–Crippen LogP) is 2.47. The molecule has 0 unspecified atom stereocenters. The Labute approximate surface area is 86.0 Å². The van der Waals surface area contributed by atoms with Crippen LogP contribution in [0.4, 0.5) is 11.4 Å². The van der Waals surface area contributed by atoms with E-state index in [0.29, 0.717) is 0 Å². The smallest absolute Gasteiger partial charge is 0.0577 e. The molecule has 1 aromatic carbocycles. The molecule has 0 radical (unpaired) electrons. The number of nitrogens with one attached hydrogen (secondary N) is 1. The van der Waals surface area contributed by atoms with Gasteiger partial charge in [0.15, 0.2) is 0 Å². The zero-order chi connectivity index (χ0) is 8.97. The molecule has 0 fully saturated rings. The van der Waals surface area contributed by atoms with Crippen LogP contribution in [0.15, 0.2) is 30.9 Å². The van der Waals surface area contributed by atoms with Gasteiger partial charge < -0.3 is 11.1 Å². The highest BCUT2D eigenvalue weighted by molar-refractivity contribution is 14.1. The summed E-state index contributed by atoms with van der Waals surface area (Å²) in [4.78, 5) is 0. The molecular formula is C9H11IN2. The number of hydrogen-bond donors (Lipinski definition) is 2. The van der Waals surface area contributed by atoms with Crippen LogP contribution in [0, 0.1) is 3.57 Å². The van der Waals surface area contributed by atoms with Gasteiger partial charge in [-0.15, -0.1) is 6.58 Å². The fourth-order valence-electron chi connectivity index (χ4n) is 0.877. The zero-order valence-electron chi connectivity index (χ0n) is 6.68. The van der Waals surface area contributed by atoms with Crippen molar-refractivity contribution in [3.8, 4) is 0 Å². The molecule has 2 nitrogen and oxygen atoms in total. The quantitative estimate of drug-likeness (QED) is 0.505. The minimum atomic E-state index is 0.741. The predicted molar refractivity (Wildman–Crippen MR) is 62.3 cm³/mol. The number of anilines is 2. The third kappa shape index (κ3) is 2.41. The van der Waals surface area contributed by atoms with E-state index in [1.807, 2.05) is 18.2 Å². The molecule has 0 saturated heterocycles. The van der Waals surface area contributed by atoms with E-state index in [4.69, 9.17) is 5.73 Å². The van der Waals surface area contributed by atoms with Gasteiger partial charge in [0.1, 0.15) is 0 Å². The summed E-state index contributed by atoms with van der Waals surface area (Å²) in [6.07, 6.45) is 1.80. The standard InChI is InChI=1S/C9H11IN2/c1-2-5-12-9-4-3-7(10)6-8(9)11/h2-4,6,12H,1,5,11H2. The highest BCUT2D eigenvalue weighted by Gasteiger charge is 1.96. The summed E-state index contributed by atoms with van der Waals surface area (Å²) in [5, 5.41) is 3.14. The van der Waals surface area contributed by atoms with Crippen LogP contribution in [0.1, 0.15) is 0 Å². The van der Waals surface area contributed by atoms with Crippen molar-refractivity contribution in [3.05, 3.63) is 34.4 Å². The number of benzene rings is 1. The van der Waals surface area contributed by atoms with Crippen molar-refractivity contribution in [3.63, 3.8) is 0 Å². The van der Waals surface area contributed by atoms with Crippen molar-refractivity contribution in [1.82, 2.24) is 0 Å². The maximum atomic E-state index is 5.76. The van der Waals surface area contributed by atoms with Crippen LogP contribution in [-0.2, 0) is 0 Å². The van der Waals surface area contributed by atoms with Crippen LogP contribution in [0.5, 0.6) is 0 Å². The lowest BCUT2D eigenvalue weighted by atomic mass is 10.3. The molecule has 0 aliphatic carbocycles. The minimum absolute atomic E-state index is 0.741. The first kappa shape index (κ1) is 9.38. The fourth-order valence-corrected chi connectivity index (χ4v) is 1.39. The molecule has 3 heteroatoms. The van der Waals surface area contributed by atoms with Gasteiger partial charge in [0.2, 0.25) is 0 Å². The number of hydrogen-bond acceptors (Lipinski definition) is 2. The molecule has 3 N–H and O–H groups in total. The largest absolute Gasteiger partial charge is 0.397 e. The first-order valence-corrected chi connectivity index (χ1v) is 4.71. The van der Waals surface area contributed by atoms with E-state index in [0.717, 1.165) is 21.5 Å². The van der Waals surface area contributed by atoms with E-state index in [-0.39, 0.29) is 0 Å². The normalized spacial score (nSPS) is 9.42. The molecule has 0 aliphatic heterocycles. The summed E-state index contributed by atoms with van der Waals surface area (Å²) < 4.78 is 1.15. The van der Waals surface area contributed by atoms with Gasteiger partial charge in [0.05, 0.1) is 11.4 Å². The monoisotopic (exact) mass is 274 g/mol. The lowest BCUT2D eigenvalue weighted by Gasteiger charge is -2.06. The average Bonchev–Trinajstić information content (AvgIpc) is 2.03. The van der Waals surface area contributed by atoms with Crippen LogP contribution in [-0.4, -0.2) is 6.54 Å². The van der Waals surface area contributed by atoms with E-state index in [1.54, 1.807) is 6.08 Å². The van der Waals surface area contributed by atoms with Crippen LogP contribution >= 0.6 is 22.6 Å². The van der Waals surface area contributed by atoms with Gasteiger partial charge in [-0.1, -0.05) is 6.08 Å². The third-order valence-electron chi connectivity index (χ3n) is 1.45. The second-order valence-electron chi connectivity index (χ2n) is 2.40. The van der Waals surface area contributed by atoms with E-state index < -0.39 is 0 Å².